The number of nitrogens with zero attached hydrogens (tertiary/aromatic N) is 1. The molecule has 2 aromatic rings. The number of H-pyrrole nitrogens is 1. The molecular formula is C19H24ClN3OS. The van der Waals surface area contributed by atoms with E-state index in [9.17, 15) is 5.11 Å². The second-order valence-electron chi connectivity index (χ2n) is 7.01. The van der Waals surface area contributed by atoms with Gasteiger partial charge in [0.15, 0.2) is 0 Å². The fourth-order valence-electron chi connectivity index (χ4n) is 3.73. The SMILES string of the molecule is CCC(O)[C@@H]1CSC(c2cc3cc(Cl)cc(NC4CCCC4)c3[nH]2)=N1. The highest BCUT2D eigenvalue weighted by Gasteiger charge is 2.26. The van der Waals surface area contributed by atoms with Crippen molar-refractivity contribution in [2.24, 2.45) is 4.99 Å². The maximum absolute atomic E-state index is 10.0. The number of fused-ring (bicyclic) bond motifs is 1. The van der Waals surface area contributed by atoms with Crippen LogP contribution in [0.4, 0.5) is 5.69 Å². The van der Waals surface area contributed by atoms with Crippen molar-refractivity contribution in [1.29, 1.82) is 0 Å². The zero-order valence-corrected chi connectivity index (χ0v) is 16.0. The summed E-state index contributed by atoms with van der Waals surface area (Å²) in [6, 6.07) is 6.66. The summed E-state index contributed by atoms with van der Waals surface area (Å²) in [7, 11) is 0. The number of rotatable bonds is 5. The van der Waals surface area contributed by atoms with E-state index in [4.69, 9.17) is 16.6 Å². The molecule has 1 aliphatic heterocycles. The predicted molar refractivity (Wildman–Crippen MR) is 108 cm³/mol. The summed E-state index contributed by atoms with van der Waals surface area (Å²) >= 11 is 8.05. The molecule has 0 radical (unpaired) electrons. The number of aromatic amines is 1. The normalized spacial score (nSPS) is 22.5. The van der Waals surface area contributed by atoms with Gasteiger partial charge >= 0.3 is 0 Å². The van der Waals surface area contributed by atoms with E-state index in [2.05, 4.69) is 16.4 Å². The molecule has 2 heterocycles. The third kappa shape index (κ3) is 3.55. The van der Waals surface area contributed by atoms with Gasteiger partial charge in [0.2, 0.25) is 0 Å². The highest BCUT2D eigenvalue weighted by Crippen LogP contribution is 2.33. The second-order valence-corrected chi connectivity index (χ2v) is 8.46. The zero-order valence-electron chi connectivity index (χ0n) is 14.4. The summed E-state index contributed by atoms with van der Waals surface area (Å²) in [5.74, 6) is 0.841. The number of aliphatic hydroxyl groups is 1. The highest BCUT2D eigenvalue weighted by molar-refractivity contribution is 8.14. The van der Waals surface area contributed by atoms with E-state index >= 15 is 0 Å². The molecule has 2 aliphatic rings. The topological polar surface area (TPSA) is 60.4 Å². The van der Waals surface area contributed by atoms with E-state index in [-0.39, 0.29) is 12.1 Å². The molecule has 4 nitrogen and oxygen atoms in total. The average Bonchev–Trinajstić information content (AvgIpc) is 3.33. The summed E-state index contributed by atoms with van der Waals surface area (Å²) in [6.07, 6.45) is 5.42. The number of halogens is 1. The van der Waals surface area contributed by atoms with Crippen molar-refractivity contribution < 1.29 is 5.11 Å². The number of aliphatic imine (C=N–C) groups is 1. The van der Waals surface area contributed by atoms with Crippen molar-refractivity contribution in [3.05, 3.63) is 28.9 Å². The first-order valence-corrected chi connectivity index (χ1v) is 10.5. The van der Waals surface area contributed by atoms with E-state index in [0.717, 1.165) is 44.5 Å². The average molecular weight is 378 g/mol. The smallest absolute Gasteiger partial charge is 0.115 e. The minimum Gasteiger partial charge on any atom is -0.391 e. The van der Waals surface area contributed by atoms with Crippen molar-refractivity contribution in [2.45, 2.75) is 57.2 Å². The van der Waals surface area contributed by atoms with Crippen LogP contribution in [0, 0.1) is 0 Å². The number of aliphatic hydroxyl groups excluding tert-OH is 1. The molecule has 1 aromatic heterocycles. The van der Waals surface area contributed by atoms with Crippen LogP contribution in [0.5, 0.6) is 0 Å². The molecule has 0 saturated heterocycles. The number of nitrogens with one attached hydrogen (secondary N) is 2. The molecule has 0 amide bonds. The van der Waals surface area contributed by atoms with Crippen LogP contribution in [0.2, 0.25) is 5.02 Å². The molecule has 25 heavy (non-hydrogen) atoms. The van der Waals surface area contributed by atoms with Gasteiger partial charge in [-0.3, -0.25) is 4.99 Å². The molecule has 1 aromatic carbocycles. The minimum atomic E-state index is -0.358. The summed E-state index contributed by atoms with van der Waals surface area (Å²) in [5.41, 5.74) is 3.19. The Labute approximate surface area is 157 Å². The number of benzene rings is 1. The summed E-state index contributed by atoms with van der Waals surface area (Å²) in [5, 5.41) is 16.5. The van der Waals surface area contributed by atoms with Gasteiger partial charge in [-0.2, -0.15) is 0 Å². The highest BCUT2D eigenvalue weighted by atomic mass is 35.5. The summed E-state index contributed by atoms with van der Waals surface area (Å²) in [4.78, 5) is 8.26. The molecule has 3 N–H and O–H groups in total. The van der Waals surface area contributed by atoms with Crippen molar-refractivity contribution in [1.82, 2.24) is 4.98 Å². The number of hydrogen-bond donors (Lipinski definition) is 3. The molecule has 1 fully saturated rings. The molecular weight excluding hydrogens is 354 g/mol. The van der Waals surface area contributed by atoms with E-state index in [1.807, 2.05) is 19.1 Å². The van der Waals surface area contributed by atoms with Crippen LogP contribution >= 0.6 is 23.4 Å². The van der Waals surface area contributed by atoms with Crippen LogP contribution in [-0.4, -0.2) is 39.1 Å². The summed E-state index contributed by atoms with van der Waals surface area (Å²) < 4.78 is 0. The first-order valence-electron chi connectivity index (χ1n) is 9.12. The monoisotopic (exact) mass is 377 g/mol. The zero-order chi connectivity index (χ0) is 17.4. The third-order valence-electron chi connectivity index (χ3n) is 5.17. The molecule has 1 saturated carbocycles. The lowest BCUT2D eigenvalue weighted by Crippen LogP contribution is -2.23. The van der Waals surface area contributed by atoms with Gasteiger partial charge in [-0.1, -0.05) is 31.4 Å². The minimum absolute atomic E-state index is 0.00363. The van der Waals surface area contributed by atoms with Gasteiger partial charge in [-0.05, 0) is 37.5 Å². The molecule has 134 valence electrons. The lowest BCUT2D eigenvalue weighted by molar-refractivity contribution is 0.150. The molecule has 1 aliphatic carbocycles. The van der Waals surface area contributed by atoms with Gasteiger partial charge in [0.05, 0.1) is 29.0 Å². The van der Waals surface area contributed by atoms with Crippen molar-refractivity contribution >= 4 is 45.0 Å². The van der Waals surface area contributed by atoms with Crippen LogP contribution in [0.25, 0.3) is 10.9 Å². The molecule has 0 bridgehead atoms. The Morgan fingerprint density at radius 2 is 2.16 bits per heavy atom. The Hall–Kier alpha value is -1.17. The largest absolute Gasteiger partial charge is 0.391 e. The Morgan fingerprint density at radius 1 is 1.36 bits per heavy atom. The number of thioether (sulfide) groups is 1. The maximum atomic E-state index is 10.0. The second kappa shape index (κ2) is 7.22. The van der Waals surface area contributed by atoms with E-state index in [1.165, 1.54) is 25.7 Å². The van der Waals surface area contributed by atoms with Crippen LogP contribution in [0.1, 0.15) is 44.7 Å². The molecule has 1 unspecified atom stereocenters. The van der Waals surface area contributed by atoms with E-state index in [1.54, 1.807) is 11.8 Å². The quantitative estimate of drug-likeness (QED) is 0.700. The first-order chi connectivity index (χ1) is 12.1. The molecule has 0 spiro atoms. The Bertz CT molecular complexity index is 797. The van der Waals surface area contributed by atoms with Gasteiger partial charge in [-0.15, -0.1) is 11.8 Å². The van der Waals surface area contributed by atoms with Crippen molar-refractivity contribution in [3.63, 3.8) is 0 Å². The number of hydrogen-bond acceptors (Lipinski definition) is 4. The van der Waals surface area contributed by atoms with Gasteiger partial charge in [0.25, 0.3) is 0 Å². The van der Waals surface area contributed by atoms with Crippen LogP contribution < -0.4 is 5.32 Å². The first kappa shape index (κ1) is 17.3. The fraction of sp³-hybridized carbons (Fsp3) is 0.526. The third-order valence-corrected chi connectivity index (χ3v) is 6.50. The van der Waals surface area contributed by atoms with Crippen LogP contribution in [0.3, 0.4) is 0 Å². The molecule has 2 atom stereocenters. The fourth-order valence-corrected chi connectivity index (χ4v) is 5.06. The van der Waals surface area contributed by atoms with Crippen molar-refractivity contribution in [2.75, 3.05) is 11.1 Å². The molecule has 4 rings (SSSR count). The van der Waals surface area contributed by atoms with E-state index in [0.29, 0.717) is 6.04 Å². The lowest BCUT2D eigenvalue weighted by atomic mass is 10.1. The predicted octanol–water partition coefficient (Wildman–Crippen LogP) is 4.81. The standard InChI is InChI=1S/C19H24ClN3OS/c1-2-17(24)16-10-25-19(23-16)15-8-11-7-12(20)9-14(18(11)22-15)21-13-5-3-4-6-13/h7-9,13,16-17,21-22,24H,2-6,10H2,1H3/t16-,17?/m0/s1. The Balaban J connectivity index is 1.65. The number of aromatic nitrogens is 1. The van der Waals surface area contributed by atoms with Gasteiger partial charge in [-0.25, -0.2) is 0 Å². The van der Waals surface area contributed by atoms with Crippen LogP contribution in [-0.2, 0) is 0 Å². The van der Waals surface area contributed by atoms with Gasteiger partial charge in [0.1, 0.15) is 5.04 Å². The Morgan fingerprint density at radius 3 is 2.92 bits per heavy atom. The Kier molecular flexibility index (Phi) is 4.98. The lowest BCUT2D eigenvalue weighted by Gasteiger charge is -2.14. The molecule has 6 heteroatoms. The van der Waals surface area contributed by atoms with E-state index < -0.39 is 0 Å². The summed E-state index contributed by atoms with van der Waals surface area (Å²) in [6.45, 7) is 1.99. The van der Waals surface area contributed by atoms with Gasteiger partial charge < -0.3 is 15.4 Å². The maximum Gasteiger partial charge on any atom is 0.115 e. The van der Waals surface area contributed by atoms with Gasteiger partial charge in [0, 0.05) is 22.2 Å². The number of anilines is 1. The van der Waals surface area contributed by atoms with Crippen LogP contribution in [0.15, 0.2) is 23.2 Å². The van der Waals surface area contributed by atoms with Crippen molar-refractivity contribution in [3.8, 4) is 0 Å².